The number of quaternary nitrogens is 2. The fraction of sp³-hybridized carbons (Fsp3) is 1.00. The smallest absolute Gasteiger partial charge is 0.136 e. The van der Waals surface area contributed by atoms with Gasteiger partial charge in [0.2, 0.25) is 0 Å². The molecule has 2 heteroatoms. The Morgan fingerprint density at radius 2 is 1.92 bits per heavy atom. The lowest BCUT2D eigenvalue weighted by Gasteiger charge is -2.24. The summed E-state index contributed by atoms with van der Waals surface area (Å²) in [6.45, 7) is 5.73. The molecule has 2 rings (SSSR count). The number of rotatable bonds is 2. The first kappa shape index (κ1) is 8.52. The Bertz CT molecular complexity index is 124. The van der Waals surface area contributed by atoms with Gasteiger partial charge in [0.15, 0.2) is 0 Å². The summed E-state index contributed by atoms with van der Waals surface area (Å²) in [5.74, 6) is 0. The summed E-state index contributed by atoms with van der Waals surface area (Å²) in [4.78, 5) is 1.88. The molecule has 2 aliphatic rings. The molecule has 3 N–H and O–H groups in total. The lowest BCUT2D eigenvalue weighted by Crippen LogP contribution is -3.16. The number of nitrogens with two attached hydrogens (primary N) is 1. The molecule has 0 radical (unpaired) electrons. The van der Waals surface area contributed by atoms with Gasteiger partial charge >= 0.3 is 0 Å². The van der Waals surface area contributed by atoms with Gasteiger partial charge in [-0.15, -0.1) is 0 Å². The minimum atomic E-state index is 0.970. The van der Waals surface area contributed by atoms with E-state index in [-0.39, 0.29) is 0 Å². The second-order valence-electron chi connectivity index (χ2n) is 4.44. The average Bonchev–Trinajstić information content (AvgIpc) is 2.59. The van der Waals surface area contributed by atoms with Crippen LogP contribution in [0.2, 0.25) is 0 Å². The van der Waals surface area contributed by atoms with Crippen molar-refractivity contribution in [3.8, 4) is 0 Å². The maximum atomic E-state index is 2.56. The molecule has 1 atom stereocenters. The van der Waals surface area contributed by atoms with Gasteiger partial charge in [-0.2, -0.15) is 0 Å². The first-order valence-electron chi connectivity index (χ1n) is 5.62. The van der Waals surface area contributed by atoms with Crippen molar-refractivity contribution in [2.75, 3.05) is 26.2 Å². The first-order chi connectivity index (χ1) is 5.95. The van der Waals surface area contributed by atoms with Crippen LogP contribution >= 0.6 is 0 Å². The van der Waals surface area contributed by atoms with Crippen LogP contribution in [0, 0.1) is 0 Å². The molecule has 0 aromatic heterocycles. The Morgan fingerprint density at radius 1 is 1.08 bits per heavy atom. The van der Waals surface area contributed by atoms with Crippen LogP contribution < -0.4 is 10.2 Å². The van der Waals surface area contributed by atoms with Gasteiger partial charge in [0, 0.05) is 12.8 Å². The van der Waals surface area contributed by atoms with Crippen molar-refractivity contribution in [3.63, 3.8) is 0 Å². The zero-order valence-electron chi connectivity index (χ0n) is 8.02. The molecule has 0 saturated carbocycles. The van der Waals surface area contributed by atoms with E-state index in [2.05, 4.69) is 5.32 Å². The van der Waals surface area contributed by atoms with Gasteiger partial charge in [-0.3, -0.25) is 0 Å². The van der Waals surface area contributed by atoms with Crippen LogP contribution in [0.4, 0.5) is 0 Å². The second kappa shape index (κ2) is 4.24. The lowest BCUT2D eigenvalue weighted by atomic mass is 10.1. The minimum absolute atomic E-state index is 0.970. The molecular weight excluding hydrogens is 148 g/mol. The minimum Gasteiger partial charge on any atom is -0.339 e. The largest absolute Gasteiger partial charge is 0.339 e. The highest BCUT2D eigenvalue weighted by molar-refractivity contribution is 4.58. The third kappa shape index (κ3) is 2.20. The third-order valence-corrected chi connectivity index (χ3v) is 3.39. The average molecular weight is 170 g/mol. The van der Waals surface area contributed by atoms with Crippen molar-refractivity contribution in [1.29, 1.82) is 0 Å². The van der Waals surface area contributed by atoms with E-state index in [9.17, 15) is 0 Å². The normalized spacial score (nSPS) is 32.5. The summed E-state index contributed by atoms with van der Waals surface area (Å²) in [6.07, 6.45) is 7.36. The quantitative estimate of drug-likeness (QED) is 0.518. The number of piperidine rings is 1. The van der Waals surface area contributed by atoms with Crippen molar-refractivity contribution in [2.45, 2.75) is 38.1 Å². The first-order valence-corrected chi connectivity index (χ1v) is 5.62. The van der Waals surface area contributed by atoms with Crippen LogP contribution in [0.25, 0.3) is 0 Å². The second-order valence-corrected chi connectivity index (χ2v) is 4.44. The topological polar surface area (TPSA) is 21.1 Å². The Hall–Kier alpha value is -0.0800. The molecule has 0 amide bonds. The molecule has 0 bridgehead atoms. The summed E-state index contributed by atoms with van der Waals surface area (Å²) in [7, 11) is 0. The third-order valence-electron chi connectivity index (χ3n) is 3.39. The molecule has 0 aliphatic carbocycles. The number of nitrogens with one attached hydrogen (secondary N) is 1. The van der Waals surface area contributed by atoms with Crippen molar-refractivity contribution < 1.29 is 10.2 Å². The van der Waals surface area contributed by atoms with Crippen LogP contribution in [0.1, 0.15) is 32.1 Å². The van der Waals surface area contributed by atoms with Crippen LogP contribution in [-0.4, -0.2) is 32.2 Å². The molecule has 0 spiro atoms. The lowest BCUT2D eigenvalue weighted by molar-refractivity contribution is -0.921. The summed E-state index contributed by atoms with van der Waals surface area (Å²) in [6, 6.07) is 0.970. The monoisotopic (exact) mass is 170 g/mol. The summed E-state index contributed by atoms with van der Waals surface area (Å²) >= 11 is 0. The zero-order valence-corrected chi connectivity index (χ0v) is 8.02. The standard InChI is InChI=1S/C10H20N2/c1-2-7-12(8-3-1)9-10-5-4-6-11-10/h10-11H,1-9H2/p+2/t10-/m0/s1. The van der Waals surface area contributed by atoms with Crippen molar-refractivity contribution in [1.82, 2.24) is 0 Å². The number of hydrogen-bond acceptors (Lipinski definition) is 0. The highest BCUT2D eigenvalue weighted by Gasteiger charge is 2.24. The Labute approximate surface area is 75.3 Å². The highest BCUT2D eigenvalue weighted by Crippen LogP contribution is 1.97. The van der Waals surface area contributed by atoms with Gasteiger partial charge in [0.1, 0.15) is 12.6 Å². The van der Waals surface area contributed by atoms with E-state index < -0.39 is 0 Å². The van der Waals surface area contributed by atoms with Crippen LogP contribution in [-0.2, 0) is 0 Å². The molecule has 12 heavy (non-hydrogen) atoms. The molecule has 2 aliphatic heterocycles. The molecule has 0 aromatic rings. The van der Waals surface area contributed by atoms with Crippen molar-refractivity contribution in [2.24, 2.45) is 0 Å². The van der Waals surface area contributed by atoms with E-state index in [1.807, 2.05) is 4.90 Å². The van der Waals surface area contributed by atoms with E-state index in [1.165, 1.54) is 58.3 Å². The van der Waals surface area contributed by atoms with E-state index in [0.717, 1.165) is 6.04 Å². The van der Waals surface area contributed by atoms with E-state index >= 15 is 0 Å². The van der Waals surface area contributed by atoms with Crippen molar-refractivity contribution >= 4 is 0 Å². The number of likely N-dealkylation sites (tertiary alicyclic amines) is 1. The van der Waals surface area contributed by atoms with Gasteiger partial charge in [0.05, 0.1) is 19.6 Å². The van der Waals surface area contributed by atoms with E-state index in [1.54, 1.807) is 0 Å². The van der Waals surface area contributed by atoms with Crippen molar-refractivity contribution in [3.05, 3.63) is 0 Å². The fourth-order valence-electron chi connectivity index (χ4n) is 2.66. The molecule has 2 saturated heterocycles. The molecule has 2 fully saturated rings. The maximum absolute atomic E-state index is 2.56. The molecule has 0 aromatic carbocycles. The Kier molecular flexibility index (Phi) is 3.01. The molecule has 2 nitrogen and oxygen atoms in total. The maximum Gasteiger partial charge on any atom is 0.136 e. The van der Waals surface area contributed by atoms with Crippen LogP contribution in [0.3, 0.4) is 0 Å². The fourth-order valence-corrected chi connectivity index (χ4v) is 2.66. The Morgan fingerprint density at radius 3 is 2.58 bits per heavy atom. The van der Waals surface area contributed by atoms with Crippen LogP contribution in [0.5, 0.6) is 0 Å². The van der Waals surface area contributed by atoms with Gasteiger partial charge in [-0.05, 0) is 19.3 Å². The molecule has 70 valence electrons. The van der Waals surface area contributed by atoms with E-state index in [0.29, 0.717) is 0 Å². The summed E-state index contributed by atoms with van der Waals surface area (Å²) < 4.78 is 0. The highest BCUT2D eigenvalue weighted by atomic mass is 15.2. The zero-order chi connectivity index (χ0) is 8.23. The van der Waals surface area contributed by atoms with Gasteiger partial charge < -0.3 is 10.2 Å². The Balaban J connectivity index is 1.69. The van der Waals surface area contributed by atoms with Gasteiger partial charge in [-0.25, -0.2) is 0 Å². The molecule has 2 heterocycles. The number of hydrogen-bond donors (Lipinski definition) is 2. The van der Waals surface area contributed by atoms with E-state index in [4.69, 9.17) is 0 Å². The molecule has 0 unspecified atom stereocenters. The van der Waals surface area contributed by atoms with Crippen LogP contribution in [0.15, 0.2) is 0 Å². The molecular formula is C10H22N2+2. The van der Waals surface area contributed by atoms with Gasteiger partial charge in [0.25, 0.3) is 0 Å². The summed E-state index contributed by atoms with van der Waals surface area (Å²) in [5, 5.41) is 2.56. The van der Waals surface area contributed by atoms with Gasteiger partial charge in [-0.1, -0.05) is 0 Å². The SMILES string of the molecule is C1CC[NH+](C[C@@H]2CCC[NH2+]2)CC1. The predicted molar refractivity (Wildman–Crippen MR) is 49.2 cm³/mol. The summed E-state index contributed by atoms with van der Waals surface area (Å²) in [5.41, 5.74) is 0. The predicted octanol–water partition coefficient (Wildman–Crippen LogP) is -1.22.